The first-order chi connectivity index (χ1) is 30.5. The molecule has 8 rings (SSSR count). The predicted octanol–water partition coefficient (Wildman–Crippen LogP) is 15.4. The zero-order valence-corrected chi connectivity index (χ0v) is 43.0. The largest absolute Gasteiger partial charge is 0.460 e. The first kappa shape index (κ1) is 47.0. The lowest BCUT2D eigenvalue weighted by Gasteiger charge is -2.43. The molecule has 5 heteroatoms. The Balaban J connectivity index is 1.39. The molecule has 0 spiro atoms. The summed E-state index contributed by atoms with van der Waals surface area (Å²) in [7, 11) is 2.43. The molecule has 3 aliphatic carbocycles. The monoisotopic (exact) mass is 884 g/mol. The summed E-state index contributed by atoms with van der Waals surface area (Å²) in [5.41, 5.74) is 12.2. The number of anilines is 1. The summed E-state index contributed by atoms with van der Waals surface area (Å²) in [5.74, 6) is 5.22. The lowest BCUT2D eigenvalue weighted by atomic mass is 9.63. The van der Waals surface area contributed by atoms with Crippen LogP contribution in [-0.2, 0) is 16.2 Å². The Kier molecular flexibility index (Phi) is 12.5. The van der Waals surface area contributed by atoms with E-state index in [0.717, 1.165) is 35.6 Å². The molecule has 0 saturated heterocycles. The average molecular weight is 884 g/mol. The van der Waals surface area contributed by atoms with Crippen LogP contribution in [0.2, 0.25) is 0 Å². The van der Waals surface area contributed by atoms with Crippen molar-refractivity contribution in [2.75, 3.05) is 4.90 Å². The van der Waals surface area contributed by atoms with Gasteiger partial charge in [0.05, 0.1) is 29.7 Å². The zero-order chi connectivity index (χ0) is 47.0. The van der Waals surface area contributed by atoms with Gasteiger partial charge in [0.15, 0.2) is 0 Å². The molecule has 65 heavy (non-hydrogen) atoms. The van der Waals surface area contributed by atoms with Crippen molar-refractivity contribution in [2.24, 2.45) is 17.3 Å². The molecular formula is C60H76BN2OS. The number of para-hydroxylation sites is 1. The maximum absolute atomic E-state index is 6.89. The summed E-state index contributed by atoms with van der Waals surface area (Å²) in [6.07, 6.45) is 27.6. The number of allylic oxidation sites excluding steroid dienone is 7. The number of ether oxygens (including phenoxy) is 1. The molecule has 2 aromatic carbocycles. The summed E-state index contributed by atoms with van der Waals surface area (Å²) in [6, 6.07) is 12.1. The van der Waals surface area contributed by atoms with Gasteiger partial charge in [-0.15, -0.1) is 17.9 Å². The van der Waals surface area contributed by atoms with Gasteiger partial charge in [-0.05, 0) is 117 Å². The Bertz CT molecular complexity index is 2600. The first-order valence-corrected chi connectivity index (χ1v) is 25.3. The van der Waals surface area contributed by atoms with Gasteiger partial charge in [0.1, 0.15) is 11.5 Å². The van der Waals surface area contributed by atoms with Gasteiger partial charge in [-0.2, -0.15) is 0 Å². The number of fused-ring (bicyclic) bond motifs is 7. The van der Waals surface area contributed by atoms with E-state index >= 15 is 0 Å². The van der Waals surface area contributed by atoms with Crippen molar-refractivity contribution in [1.29, 1.82) is 0 Å². The molecule has 4 atom stereocenters. The molecule has 3 aromatic rings. The molecular weight excluding hydrogens is 808 g/mol. The second-order valence-electron chi connectivity index (χ2n) is 23.5. The highest BCUT2D eigenvalue weighted by Gasteiger charge is 2.43. The van der Waals surface area contributed by atoms with Gasteiger partial charge in [0.2, 0.25) is 7.28 Å². The highest BCUT2D eigenvalue weighted by Crippen LogP contribution is 2.52. The molecule has 0 saturated carbocycles. The van der Waals surface area contributed by atoms with Gasteiger partial charge in [-0.1, -0.05) is 170 Å². The molecule has 0 amide bonds. The van der Waals surface area contributed by atoms with Crippen molar-refractivity contribution in [3.05, 3.63) is 161 Å². The smallest absolute Gasteiger partial charge is 0.200 e. The Labute approximate surface area is 398 Å². The van der Waals surface area contributed by atoms with Crippen LogP contribution in [0, 0.1) is 17.3 Å². The molecule has 1 radical (unpaired) electrons. The van der Waals surface area contributed by atoms with Gasteiger partial charge < -0.3 is 14.5 Å². The Morgan fingerprint density at radius 3 is 2.32 bits per heavy atom. The topological polar surface area (TPSA) is 15.7 Å². The van der Waals surface area contributed by atoms with E-state index in [1.54, 1.807) is 0 Å². The van der Waals surface area contributed by atoms with Crippen LogP contribution in [-0.4, -0.2) is 30.3 Å². The highest BCUT2D eigenvalue weighted by molar-refractivity contribution is 7.28. The summed E-state index contributed by atoms with van der Waals surface area (Å²) in [4.78, 5) is 5.32. The third-order valence-electron chi connectivity index (χ3n) is 15.1. The number of hydrogen-bond acceptors (Lipinski definition) is 4. The second-order valence-corrected chi connectivity index (χ2v) is 24.6. The quantitative estimate of drug-likeness (QED) is 0.127. The molecule has 4 unspecified atom stereocenters. The second kappa shape index (κ2) is 17.3. The van der Waals surface area contributed by atoms with E-state index in [9.17, 15) is 0 Å². The van der Waals surface area contributed by atoms with Gasteiger partial charge in [0.25, 0.3) is 0 Å². The summed E-state index contributed by atoms with van der Waals surface area (Å²) >= 11 is 1.96. The van der Waals surface area contributed by atoms with Crippen LogP contribution in [0.25, 0.3) is 10.1 Å². The maximum atomic E-state index is 6.89. The minimum Gasteiger partial charge on any atom is -0.460 e. The van der Waals surface area contributed by atoms with Crippen molar-refractivity contribution in [3.8, 4) is 5.75 Å². The van der Waals surface area contributed by atoms with Crippen LogP contribution >= 0.6 is 11.3 Å². The summed E-state index contributed by atoms with van der Waals surface area (Å²) in [5, 5.41) is 1.37. The standard InChI is InChI=1S/C60H76BN2OS/c1-17-20-40-29-32-62(50-23-19-24-51-53(50)44-21-18-22-46(55(44)64-51)57(7,8)9)42(26-25-39(6)37(2)3)36-61-56-54(63(40)41-27-28-43(38(4)5)47(33-41)58(10,11)12)45-34-48-49(35-52(45)65-56)60(15,16)31-30-59(48,13)14/h17-19,21-26,28-29,32-38,40-41,50,53H,1,6,20,27,30-31H2,2-5,7-16H3/b26-25-,32-29+,42-36-. The van der Waals surface area contributed by atoms with E-state index in [2.05, 4.69) is 224 Å². The van der Waals surface area contributed by atoms with E-state index in [4.69, 9.17) is 4.74 Å². The molecule has 1 aromatic heterocycles. The Hall–Kier alpha value is -4.48. The van der Waals surface area contributed by atoms with E-state index in [0.29, 0.717) is 11.8 Å². The van der Waals surface area contributed by atoms with Gasteiger partial charge in [-0.3, -0.25) is 0 Å². The highest BCUT2D eigenvalue weighted by atomic mass is 32.1. The zero-order valence-electron chi connectivity index (χ0n) is 42.2. The van der Waals surface area contributed by atoms with Crippen LogP contribution in [0.4, 0.5) is 5.69 Å². The van der Waals surface area contributed by atoms with Crippen LogP contribution in [0.1, 0.15) is 151 Å². The molecule has 341 valence electrons. The van der Waals surface area contributed by atoms with E-state index in [1.807, 2.05) is 11.3 Å². The number of rotatable bonds is 8. The third kappa shape index (κ3) is 8.81. The van der Waals surface area contributed by atoms with Crippen LogP contribution in [0.3, 0.4) is 0 Å². The molecule has 0 N–H and O–H groups in total. The Morgan fingerprint density at radius 1 is 0.969 bits per heavy atom. The van der Waals surface area contributed by atoms with E-state index in [1.165, 1.54) is 66.8 Å². The van der Waals surface area contributed by atoms with Gasteiger partial charge in [-0.25, -0.2) is 0 Å². The fourth-order valence-corrected chi connectivity index (χ4v) is 12.1. The summed E-state index contributed by atoms with van der Waals surface area (Å²) in [6.45, 7) is 41.9. The van der Waals surface area contributed by atoms with Crippen LogP contribution in [0.5, 0.6) is 5.75 Å². The van der Waals surface area contributed by atoms with Crippen LogP contribution < -0.4 is 14.4 Å². The molecule has 0 bridgehead atoms. The number of thiophene rings is 1. The van der Waals surface area contributed by atoms with E-state index < -0.39 is 0 Å². The molecule has 3 nitrogen and oxygen atoms in total. The Morgan fingerprint density at radius 2 is 1.68 bits per heavy atom. The first-order valence-electron chi connectivity index (χ1n) is 24.5. The summed E-state index contributed by atoms with van der Waals surface area (Å²) < 4.78 is 9.56. The van der Waals surface area contributed by atoms with E-state index in [-0.39, 0.29) is 45.7 Å². The maximum Gasteiger partial charge on any atom is 0.200 e. The number of nitrogens with zero attached hydrogens (tertiary/aromatic N) is 2. The van der Waals surface area contributed by atoms with Crippen molar-refractivity contribution in [1.82, 2.24) is 4.90 Å². The average Bonchev–Trinajstić information content (AvgIpc) is 3.80. The minimum atomic E-state index is -0.0570. The number of benzene rings is 2. The molecule has 2 aliphatic heterocycles. The predicted molar refractivity (Wildman–Crippen MR) is 284 cm³/mol. The van der Waals surface area contributed by atoms with Gasteiger partial charge in [0, 0.05) is 33.1 Å². The number of hydrogen-bond donors (Lipinski definition) is 0. The SMILES string of the molecule is C=CCC1/C=C/N(C2C=CC=C3Oc4c(cccc4C(C)(C)C)C32)C(/C=C\C(=C)C(C)C)=C\[B]c2sc3cc4c(cc3c2N1C1C=C(C(C)(C)C)C(C(C)C)=CC1)C(C)(C)CCC4(C)C. The minimum absolute atomic E-state index is 0.00179. The van der Waals surface area contributed by atoms with Crippen LogP contribution in [0.15, 0.2) is 139 Å². The third-order valence-corrected chi connectivity index (χ3v) is 16.2. The fraction of sp³-hybridized carbons (Fsp3) is 0.467. The van der Waals surface area contributed by atoms with Crippen molar-refractivity contribution in [2.45, 2.75) is 163 Å². The van der Waals surface area contributed by atoms with Crippen molar-refractivity contribution in [3.63, 3.8) is 0 Å². The lowest BCUT2D eigenvalue weighted by Crippen LogP contribution is -2.46. The fourth-order valence-electron chi connectivity index (χ4n) is 11.0. The van der Waals surface area contributed by atoms with Crippen molar-refractivity contribution < 1.29 is 4.74 Å². The van der Waals surface area contributed by atoms with Gasteiger partial charge >= 0.3 is 0 Å². The molecule has 0 fully saturated rings. The lowest BCUT2D eigenvalue weighted by molar-refractivity contribution is 0.329. The van der Waals surface area contributed by atoms with Crippen molar-refractivity contribution >= 4 is 39.2 Å². The normalized spacial score (nSPS) is 25.1. The molecule has 5 aliphatic rings. The molecule has 3 heterocycles.